The maximum Gasteiger partial charge on any atom is 0.357 e. The molecule has 0 saturated carbocycles. The summed E-state index contributed by atoms with van der Waals surface area (Å²) in [4.78, 5) is 18.3. The lowest BCUT2D eigenvalue weighted by Gasteiger charge is -2.17. The van der Waals surface area contributed by atoms with E-state index in [-0.39, 0.29) is 5.97 Å². The van der Waals surface area contributed by atoms with Crippen LogP contribution >= 0.6 is 0 Å². The van der Waals surface area contributed by atoms with E-state index in [0.717, 1.165) is 11.3 Å². The summed E-state index contributed by atoms with van der Waals surface area (Å²) < 4.78 is 7.04. The first-order valence-electron chi connectivity index (χ1n) is 7.60. The van der Waals surface area contributed by atoms with Crippen molar-refractivity contribution in [1.29, 1.82) is 0 Å². The zero-order chi connectivity index (χ0) is 15.0. The number of nitrogens with zero attached hydrogens (tertiary/aromatic N) is 2. The monoisotopic (exact) mass is 288 g/mol. The van der Waals surface area contributed by atoms with Crippen molar-refractivity contribution in [3.8, 4) is 0 Å². The van der Waals surface area contributed by atoms with Crippen molar-refractivity contribution in [2.45, 2.75) is 32.7 Å². The standard InChI is InChI=1S/C16H21N3O2/c1-4-21-16(20)14-11(2)17-15-12(7-5-10-19(14)15)13-8-6-9-18(13)3/h5,7,10,13H,4,6,8-9H2,1-3H3/p+1. The van der Waals surface area contributed by atoms with Gasteiger partial charge in [-0.1, -0.05) is 0 Å². The summed E-state index contributed by atoms with van der Waals surface area (Å²) >= 11 is 0. The number of quaternary nitrogens is 1. The number of aromatic nitrogens is 2. The van der Waals surface area contributed by atoms with E-state index in [1.165, 1.54) is 29.8 Å². The number of ether oxygens (including phenoxy) is 1. The molecule has 0 bridgehead atoms. The smallest absolute Gasteiger partial charge is 0.357 e. The first-order valence-corrected chi connectivity index (χ1v) is 7.60. The van der Waals surface area contributed by atoms with Crippen LogP contribution in [0, 0.1) is 6.92 Å². The normalized spacial score (nSPS) is 21.9. The molecule has 0 aromatic carbocycles. The molecule has 3 heterocycles. The largest absolute Gasteiger partial charge is 0.461 e. The number of esters is 1. The molecule has 0 radical (unpaired) electrons. The zero-order valence-corrected chi connectivity index (χ0v) is 12.8. The van der Waals surface area contributed by atoms with Crippen LogP contribution in [0.25, 0.3) is 5.65 Å². The SMILES string of the molecule is CCOC(=O)c1c(C)nc2c(C3CCC[NH+]3C)cccn12. The first kappa shape index (κ1) is 14.1. The van der Waals surface area contributed by atoms with Crippen LogP contribution < -0.4 is 4.90 Å². The van der Waals surface area contributed by atoms with Gasteiger partial charge in [0.15, 0.2) is 5.69 Å². The van der Waals surface area contributed by atoms with Crippen molar-refractivity contribution < 1.29 is 14.4 Å². The second-order valence-corrected chi connectivity index (χ2v) is 5.71. The van der Waals surface area contributed by atoms with Crippen molar-refractivity contribution in [2.75, 3.05) is 20.2 Å². The van der Waals surface area contributed by atoms with E-state index in [9.17, 15) is 4.79 Å². The van der Waals surface area contributed by atoms with Crippen LogP contribution in [0.1, 0.15) is 47.6 Å². The third kappa shape index (κ3) is 2.31. The number of hydrogen-bond donors (Lipinski definition) is 1. The molecule has 2 unspecified atom stereocenters. The predicted molar refractivity (Wildman–Crippen MR) is 79.6 cm³/mol. The molecule has 1 N–H and O–H groups in total. The molecule has 0 aliphatic carbocycles. The molecule has 1 aliphatic rings. The molecule has 1 aliphatic heterocycles. The van der Waals surface area contributed by atoms with Crippen molar-refractivity contribution in [1.82, 2.24) is 9.38 Å². The Morgan fingerprint density at radius 2 is 2.38 bits per heavy atom. The summed E-state index contributed by atoms with van der Waals surface area (Å²) in [5, 5.41) is 0. The number of pyridine rings is 1. The first-order chi connectivity index (χ1) is 10.1. The summed E-state index contributed by atoms with van der Waals surface area (Å²) in [7, 11) is 2.23. The number of nitrogens with one attached hydrogen (secondary N) is 1. The molecule has 5 nitrogen and oxygen atoms in total. The average Bonchev–Trinajstić information content (AvgIpc) is 3.01. The minimum Gasteiger partial charge on any atom is -0.461 e. The van der Waals surface area contributed by atoms with E-state index >= 15 is 0 Å². The second kappa shape index (κ2) is 5.48. The number of carbonyl (C=O) groups excluding carboxylic acids is 1. The van der Waals surface area contributed by atoms with Gasteiger partial charge in [0.1, 0.15) is 11.7 Å². The van der Waals surface area contributed by atoms with Crippen molar-refractivity contribution in [3.05, 3.63) is 35.3 Å². The molecular weight excluding hydrogens is 266 g/mol. The Morgan fingerprint density at radius 3 is 3.05 bits per heavy atom. The van der Waals surface area contributed by atoms with Crippen molar-refractivity contribution >= 4 is 11.6 Å². The summed E-state index contributed by atoms with van der Waals surface area (Å²) in [6, 6.07) is 4.60. The lowest BCUT2D eigenvalue weighted by molar-refractivity contribution is -0.898. The predicted octanol–water partition coefficient (Wildman–Crippen LogP) is 1.17. The Morgan fingerprint density at radius 1 is 1.57 bits per heavy atom. The van der Waals surface area contributed by atoms with Crippen LogP contribution in [0.15, 0.2) is 18.3 Å². The quantitative estimate of drug-likeness (QED) is 0.863. The molecule has 0 amide bonds. The maximum absolute atomic E-state index is 12.1. The van der Waals surface area contributed by atoms with Gasteiger partial charge in [0.05, 0.1) is 31.5 Å². The highest BCUT2D eigenvalue weighted by Crippen LogP contribution is 2.25. The third-order valence-corrected chi connectivity index (χ3v) is 4.36. The molecule has 2 atom stereocenters. The van der Waals surface area contributed by atoms with Gasteiger partial charge in [0, 0.05) is 19.0 Å². The summed E-state index contributed by atoms with van der Waals surface area (Å²) in [6.07, 6.45) is 4.31. The number of likely N-dealkylation sites (tertiary alicyclic amines) is 1. The van der Waals surface area contributed by atoms with Crippen LogP contribution in [0.4, 0.5) is 0 Å². The Balaban J connectivity index is 2.13. The number of hydrogen-bond acceptors (Lipinski definition) is 3. The molecule has 1 saturated heterocycles. The number of imidazole rings is 1. The minimum absolute atomic E-state index is 0.299. The Bertz CT molecular complexity index is 677. The van der Waals surface area contributed by atoms with Gasteiger partial charge in [-0.3, -0.25) is 4.40 Å². The van der Waals surface area contributed by atoms with Gasteiger partial charge in [-0.2, -0.15) is 0 Å². The van der Waals surface area contributed by atoms with Crippen LogP contribution in [0.2, 0.25) is 0 Å². The minimum atomic E-state index is -0.299. The molecular formula is C16H22N3O2+. The van der Waals surface area contributed by atoms with Gasteiger partial charge in [0.2, 0.25) is 0 Å². The molecule has 5 heteroatoms. The van der Waals surface area contributed by atoms with Gasteiger partial charge < -0.3 is 9.64 Å². The Labute approximate surface area is 124 Å². The fourth-order valence-corrected chi connectivity index (χ4v) is 3.35. The molecule has 2 aromatic heterocycles. The van der Waals surface area contributed by atoms with Gasteiger partial charge in [-0.05, 0) is 26.0 Å². The molecule has 21 heavy (non-hydrogen) atoms. The second-order valence-electron chi connectivity index (χ2n) is 5.71. The highest BCUT2D eigenvalue weighted by atomic mass is 16.5. The molecule has 3 rings (SSSR count). The van der Waals surface area contributed by atoms with Crippen LogP contribution in [-0.2, 0) is 4.74 Å². The Hall–Kier alpha value is -1.88. The number of rotatable bonds is 3. The average molecular weight is 288 g/mol. The van der Waals surface area contributed by atoms with Crippen molar-refractivity contribution in [3.63, 3.8) is 0 Å². The fraction of sp³-hybridized carbons (Fsp3) is 0.500. The fourth-order valence-electron chi connectivity index (χ4n) is 3.35. The third-order valence-electron chi connectivity index (χ3n) is 4.36. The molecule has 2 aromatic rings. The molecule has 0 spiro atoms. The van der Waals surface area contributed by atoms with Gasteiger partial charge in [0.25, 0.3) is 0 Å². The van der Waals surface area contributed by atoms with E-state index in [0.29, 0.717) is 18.3 Å². The van der Waals surface area contributed by atoms with E-state index in [1.807, 2.05) is 30.5 Å². The van der Waals surface area contributed by atoms with E-state index in [4.69, 9.17) is 4.74 Å². The number of carbonyl (C=O) groups is 1. The van der Waals surface area contributed by atoms with E-state index in [2.05, 4.69) is 18.1 Å². The summed E-state index contributed by atoms with van der Waals surface area (Å²) in [6.45, 7) is 5.25. The lowest BCUT2D eigenvalue weighted by Crippen LogP contribution is -3.07. The number of fused-ring (bicyclic) bond motifs is 1. The van der Waals surface area contributed by atoms with Crippen LogP contribution in [0.5, 0.6) is 0 Å². The van der Waals surface area contributed by atoms with E-state index < -0.39 is 0 Å². The molecule has 112 valence electrons. The van der Waals surface area contributed by atoms with E-state index in [1.54, 1.807) is 0 Å². The maximum atomic E-state index is 12.1. The topological polar surface area (TPSA) is 48.0 Å². The van der Waals surface area contributed by atoms with Gasteiger partial charge in [-0.15, -0.1) is 0 Å². The lowest BCUT2D eigenvalue weighted by atomic mass is 10.1. The zero-order valence-electron chi connectivity index (χ0n) is 12.8. The highest BCUT2D eigenvalue weighted by Gasteiger charge is 2.30. The number of aryl methyl sites for hydroxylation is 1. The van der Waals surface area contributed by atoms with Crippen LogP contribution in [-0.4, -0.2) is 35.6 Å². The van der Waals surface area contributed by atoms with Crippen molar-refractivity contribution in [2.24, 2.45) is 0 Å². The Kier molecular flexibility index (Phi) is 3.68. The molecule has 1 fully saturated rings. The summed E-state index contributed by atoms with van der Waals surface area (Å²) in [5.74, 6) is -0.299. The van der Waals surface area contributed by atoms with Gasteiger partial charge >= 0.3 is 5.97 Å². The van der Waals surface area contributed by atoms with Crippen LogP contribution in [0.3, 0.4) is 0 Å². The summed E-state index contributed by atoms with van der Waals surface area (Å²) in [5.41, 5.74) is 3.40. The van der Waals surface area contributed by atoms with Gasteiger partial charge in [-0.25, -0.2) is 9.78 Å². The highest BCUT2D eigenvalue weighted by molar-refractivity contribution is 5.90.